The molecule has 0 radical (unpaired) electrons. The molecule has 0 saturated carbocycles. The predicted octanol–water partition coefficient (Wildman–Crippen LogP) is 3.05. The van der Waals surface area contributed by atoms with Crippen LogP contribution in [0.15, 0.2) is 29.3 Å². The van der Waals surface area contributed by atoms with Crippen LogP contribution in [0, 0.1) is 0 Å². The van der Waals surface area contributed by atoms with Gasteiger partial charge in [-0.1, -0.05) is 12.1 Å². The smallest absolute Gasteiger partial charge is 0.191 e. The Labute approximate surface area is 159 Å². The second kappa shape index (κ2) is 11.6. The molecule has 23 heavy (non-hydrogen) atoms. The molecule has 0 aliphatic carbocycles. The summed E-state index contributed by atoms with van der Waals surface area (Å²) in [5, 5.41) is 7.66. The molecule has 0 spiro atoms. The maximum atomic E-state index is 5.03. The normalized spacial score (nSPS) is 11.3. The molecule has 0 amide bonds. The molecular weight excluding hydrogens is 423 g/mol. The van der Waals surface area contributed by atoms with Crippen molar-refractivity contribution in [3.63, 3.8) is 0 Å². The molecule has 2 N–H and O–H groups in total. The van der Waals surface area contributed by atoms with Crippen LogP contribution in [0.25, 0.3) is 10.2 Å². The Morgan fingerprint density at radius 2 is 2.13 bits per heavy atom. The highest BCUT2D eigenvalue weighted by molar-refractivity contribution is 14.0. The van der Waals surface area contributed by atoms with Gasteiger partial charge in [0.05, 0.1) is 21.8 Å². The van der Waals surface area contributed by atoms with Crippen molar-refractivity contribution < 1.29 is 4.74 Å². The molecule has 1 aromatic heterocycles. The lowest BCUT2D eigenvalue weighted by Crippen LogP contribution is -2.39. The van der Waals surface area contributed by atoms with E-state index in [1.807, 2.05) is 6.07 Å². The zero-order valence-corrected chi connectivity index (χ0v) is 16.8. The van der Waals surface area contributed by atoms with E-state index in [1.54, 1.807) is 18.4 Å². The molecule has 0 fully saturated rings. The van der Waals surface area contributed by atoms with E-state index in [2.05, 4.69) is 45.7 Å². The van der Waals surface area contributed by atoms with Crippen LogP contribution < -0.4 is 10.6 Å². The number of hydrogen-bond acceptors (Lipinski definition) is 4. The summed E-state index contributed by atoms with van der Waals surface area (Å²) in [4.78, 5) is 9.22. The van der Waals surface area contributed by atoms with E-state index in [-0.39, 0.29) is 24.0 Å². The minimum absolute atomic E-state index is 0. The highest BCUT2D eigenvalue weighted by atomic mass is 127. The van der Waals surface area contributed by atoms with Crippen molar-refractivity contribution in [2.24, 2.45) is 4.99 Å². The molecule has 2 aromatic rings. The Hall–Kier alpha value is -0.930. The molecule has 0 aliphatic heterocycles. The van der Waals surface area contributed by atoms with Gasteiger partial charge in [-0.15, -0.1) is 35.3 Å². The number of hydrogen-bond donors (Lipinski definition) is 2. The average Bonchev–Trinajstić information content (AvgIpc) is 2.94. The number of rotatable bonds is 8. The van der Waals surface area contributed by atoms with E-state index < -0.39 is 0 Å². The van der Waals surface area contributed by atoms with Crippen molar-refractivity contribution in [2.75, 3.05) is 33.4 Å². The molecule has 1 aromatic carbocycles. The van der Waals surface area contributed by atoms with Crippen LogP contribution in [-0.4, -0.2) is 44.3 Å². The van der Waals surface area contributed by atoms with Gasteiger partial charge in [0.15, 0.2) is 5.96 Å². The molecule has 0 atom stereocenters. The van der Waals surface area contributed by atoms with Crippen molar-refractivity contribution in [3.05, 3.63) is 29.3 Å². The van der Waals surface area contributed by atoms with Crippen LogP contribution in [-0.2, 0) is 11.2 Å². The summed E-state index contributed by atoms with van der Waals surface area (Å²) in [6.45, 7) is 5.15. The SMILES string of the molecule is CCNC(=NCCCc1nc2ccccc2s1)NCCOC.I. The van der Waals surface area contributed by atoms with E-state index in [9.17, 15) is 0 Å². The number of thiazole rings is 1. The largest absolute Gasteiger partial charge is 0.383 e. The maximum absolute atomic E-state index is 5.03. The van der Waals surface area contributed by atoms with Crippen molar-refractivity contribution in [1.29, 1.82) is 0 Å². The van der Waals surface area contributed by atoms with Crippen molar-refractivity contribution in [1.82, 2.24) is 15.6 Å². The number of guanidine groups is 1. The van der Waals surface area contributed by atoms with Crippen LogP contribution in [0.2, 0.25) is 0 Å². The van der Waals surface area contributed by atoms with Crippen molar-refractivity contribution in [2.45, 2.75) is 19.8 Å². The Bertz CT molecular complexity index is 570. The molecule has 2 rings (SSSR count). The average molecular weight is 448 g/mol. The first kappa shape index (κ1) is 20.1. The number of ether oxygens (including phenoxy) is 1. The summed E-state index contributed by atoms with van der Waals surface area (Å²) in [5.74, 6) is 0.851. The highest BCUT2D eigenvalue weighted by Crippen LogP contribution is 2.22. The Balaban J connectivity index is 0.00000264. The molecule has 0 unspecified atom stereocenters. The number of benzene rings is 1. The Kier molecular flexibility index (Phi) is 10.1. The molecule has 7 heteroatoms. The minimum Gasteiger partial charge on any atom is -0.383 e. The van der Waals surface area contributed by atoms with Crippen LogP contribution >= 0.6 is 35.3 Å². The second-order valence-corrected chi connectivity index (χ2v) is 5.97. The van der Waals surface area contributed by atoms with Crippen LogP contribution in [0.4, 0.5) is 0 Å². The lowest BCUT2D eigenvalue weighted by Gasteiger charge is -2.10. The van der Waals surface area contributed by atoms with Gasteiger partial charge in [-0.25, -0.2) is 4.98 Å². The molecular formula is C16H25IN4OS. The van der Waals surface area contributed by atoms with Gasteiger partial charge in [-0.2, -0.15) is 0 Å². The number of fused-ring (bicyclic) bond motifs is 1. The fraction of sp³-hybridized carbons (Fsp3) is 0.500. The number of methoxy groups -OCH3 is 1. The summed E-state index contributed by atoms with van der Waals surface area (Å²) in [5.41, 5.74) is 1.10. The van der Waals surface area contributed by atoms with Gasteiger partial charge in [-0.3, -0.25) is 4.99 Å². The third kappa shape index (κ3) is 7.01. The van der Waals surface area contributed by atoms with Crippen LogP contribution in [0.1, 0.15) is 18.4 Å². The van der Waals surface area contributed by atoms with Gasteiger partial charge >= 0.3 is 0 Å². The fourth-order valence-corrected chi connectivity index (χ4v) is 3.07. The van der Waals surface area contributed by atoms with E-state index in [0.717, 1.165) is 44.0 Å². The summed E-state index contributed by atoms with van der Waals surface area (Å²) >= 11 is 1.78. The van der Waals surface area contributed by atoms with Gasteiger partial charge in [0.25, 0.3) is 0 Å². The van der Waals surface area contributed by atoms with E-state index in [4.69, 9.17) is 4.74 Å². The first-order valence-corrected chi connectivity index (χ1v) is 8.50. The summed E-state index contributed by atoms with van der Waals surface area (Å²) in [6.07, 6.45) is 1.97. The number of aliphatic imine (C=N–C) groups is 1. The fourth-order valence-electron chi connectivity index (χ4n) is 2.06. The van der Waals surface area contributed by atoms with Gasteiger partial charge in [0.2, 0.25) is 0 Å². The second-order valence-electron chi connectivity index (χ2n) is 4.86. The maximum Gasteiger partial charge on any atom is 0.191 e. The van der Waals surface area contributed by atoms with E-state index in [1.165, 1.54) is 9.71 Å². The van der Waals surface area contributed by atoms with E-state index >= 15 is 0 Å². The monoisotopic (exact) mass is 448 g/mol. The topological polar surface area (TPSA) is 58.5 Å². The van der Waals surface area contributed by atoms with E-state index in [0.29, 0.717) is 6.61 Å². The Morgan fingerprint density at radius 1 is 1.30 bits per heavy atom. The first-order chi connectivity index (χ1) is 10.8. The zero-order valence-electron chi connectivity index (χ0n) is 13.7. The van der Waals surface area contributed by atoms with Crippen LogP contribution in [0.5, 0.6) is 0 Å². The van der Waals surface area contributed by atoms with Crippen molar-refractivity contribution >= 4 is 51.5 Å². The quantitative estimate of drug-likeness (QED) is 0.282. The number of aryl methyl sites for hydroxylation is 1. The molecule has 128 valence electrons. The number of nitrogens with zero attached hydrogens (tertiary/aromatic N) is 2. The standard InChI is InChI=1S/C16H24N4OS.HI/c1-3-17-16(19-11-12-21-2)18-10-6-9-15-20-13-7-4-5-8-14(13)22-15;/h4-5,7-8H,3,6,9-12H2,1-2H3,(H2,17,18,19);1H. The zero-order chi connectivity index (χ0) is 15.6. The van der Waals surface area contributed by atoms with Gasteiger partial charge in [0, 0.05) is 33.2 Å². The predicted molar refractivity (Wildman–Crippen MR) is 109 cm³/mol. The summed E-state index contributed by atoms with van der Waals surface area (Å²) < 4.78 is 6.29. The summed E-state index contributed by atoms with van der Waals surface area (Å²) in [6, 6.07) is 8.28. The molecule has 1 heterocycles. The molecule has 5 nitrogen and oxygen atoms in total. The number of para-hydroxylation sites is 1. The number of aromatic nitrogens is 1. The van der Waals surface area contributed by atoms with Crippen molar-refractivity contribution in [3.8, 4) is 0 Å². The molecule has 0 bridgehead atoms. The minimum atomic E-state index is 0. The molecule has 0 saturated heterocycles. The van der Waals surface area contributed by atoms with Gasteiger partial charge < -0.3 is 15.4 Å². The lowest BCUT2D eigenvalue weighted by molar-refractivity contribution is 0.203. The lowest BCUT2D eigenvalue weighted by atomic mass is 10.3. The highest BCUT2D eigenvalue weighted by Gasteiger charge is 2.02. The van der Waals surface area contributed by atoms with Gasteiger partial charge in [0.1, 0.15) is 0 Å². The Morgan fingerprint density at radius 3 is 2.87 bits per heavy atom. The first-order valence-electron chi connectivity index (χ1n) is 7.69. The third-order valence-electron chi connectivity index (χ3n) is 3.10. The third-order valence-corrected chi connectivity index (χ3v) is 4.20. The van der Waals surface area contributed by atoms with Gasteiger partial charge in [-0.05, 0) is 25.5 Å². The molecule has 0 aliphatic rings. The van der Waals surface area contributed by atoms with Crippen LogP contribution in [0.3, 0.4) is 0 Å². The summed E-state index contributed by atoms with van der Waals surface area (Å²) in [7, 11) is 1.70. The number of halogens is 1. The number of nitrogens with one attached hydrogen (secondary N) is 2.